The van der Waals surface area contributed by atoms with Crippen molar-refractivity contribution in [2.75, 3.05) is 18.0 Å². The molecule has 8 nitrogen and oxygen atoms in total. The van der Waals surface area contributed by atoms with Gasteiger partial charge in [-0.25, -0.2) is 4.79 Å². The zero-order chi connectivity index (χ0) is 18.5. The van der Waals surface area contributed by atoms with Crippen LogP contribution in [0.4, 0.5) is 10.5 Å². The number of primary amides is 1. The standard InChI is InChI=1S/C19H20N4O4/c20-18(24)12-6-13-11(7-16(12)26-10-2-1-3-10)15(4-5-21-13)23-8-14-17(9-23)27-19(25)22-14/h4-7,10,14,17H,1-3,8-9H2,(H2,20,24)(H,22,25)/t14-,17+/m1/s1. The summed E-state index contributed by atoms with van der Waals surface area (Å²) in [4.78, 5) is 29.8. The van der Waals surface area contributed by atoms with E-state index in [9.17, 15) is 9.59 Å². The van der Waals surface area contributed by atoms with Gasteiger partial charge in [0, 0.05) is 23.8 Å². The van der Waals surface area contributed by atoms with Crippen LogP contribution in [-0.2, 0) is 4.74 Å². The molecule has 8 heteroatoms. The molecule has 1 aliphatic carbocycles. The number of pyridine rings is 1. The molecule has 3 heterocycles. The molecule has 1 saturated carbocycles. The largest absolute Gasteiger partial charge is 0.490 e. The molecular formula is C19H20N4O4. The average molecular weight is 368 g/mol. The molecule has 3 N–H and O–H groups in total. The minimum Gasteiger partial charge on any atom is -0.490 e. The number of anilines is 1. The molecule has 2 saturated heterocycles. The van der Waals surface area contributed by atoms with Crippen LogP contribution in [0.2, 0.25) is 0 Å². The van der Waals surface area contributed by atoms with Crippen molar-refractivity contribution < 1.29 is 19.1 Å². The molecule has 27 heavy (non-hydrogen) atoms. The van der Waals surface area contributed by atoms with E-state index in [1.54, 1.807) is 12.3 Å². The lowest BCUT2D eigenvalue weighted by molar-refractivity contribution is 0.0972. The summed E-state index contributed by atoms with van der Waals surface area (Å²) in [5.41, 5.74) is 7.58. The molecule has 2 amide bonds. The lowest BCUT2D eigenvalue weighted by Gasteiger charge is -2.28. The summed E-state index contributed by atoms with van der Waals surface area (Å²) in [6.07, 6.45) is 4.45. The van der Waals surface area contributed by atoms with Crippen LogP contribution in [0.1, 0.15) is 29.6 Å². The maximum absolute atomic E-state index is 11.9. The number of amides is 2. The highest BCUT2D eigenvalue weighted by atomic mass is 16.6. The van der Waals surface area contributed by atoms with Gasteiger partial charge in [0.2, 0.25) is 0 Å². The maximum atomic E-state index is 11.9. The number of ether oxygens (including phenoxy) is 2. The van der Waals surface area contributed by atoms with Crippen molar-refractivity contribution in [1.82, 2.24) is 10.3 Å². The summed E-state index contributed by atoms with van der Waals surface area (Å²) in [7, 11) is 0. The molecule has 0 unspecified atom stereocenters. The van der Waals surface area contributed by atoms with Gasteiger partial charge >= 0.3 is 6.09 Å². The molecule has 0 bridgehead atoms. The Hall–Kier alpha value is -3.03. The summed E-state index contributed by atoms with van der Waals surface area (Å²) in [5.74, 6) is -0.0110. The Morgan fingerprint density at radius 1 is 1.33 bits per heavy atom. The van der Waals surface area contributed by atoms with Crippen molar-refractivity contribution in [2.45, 2.75) is 37.5 Å². The first-order valence-corrected chi connectivity index (χ1v) is 9.20. The number of nitrogens with zero attached hydrogens (tertiary/aromatic N) is 2. The Morgan fingerprint density at radius 3 is 2.89 bits per heavy atom. The van der Waals surface area contributed by atoms with Crippen LogP contribution in [0, 0.1) is 0 Å². The minimum absolute atomic E-state index is 0.0173. The van der Waals surface area contributed by atoms with Crippen LogP contribution in [-0.4, -0.2) is 48.3 Å². The highest BCUT2D eigenvalue weighted by Gasteiger charge is 2.42. The third kappa shape index (κ3) is 2.72. The summed E-state index contributed by atoms with van der Waals surface area (Å²) >= 11 is 0. The van der Waals surface area contributed by atoms with Gasteiger partial charge < -0.3 is 25.4 Å². The average Bonchev–Trinajstić information content (AvgIpc) is 3.14. The quantitative estimate of drug-likeness (QED) is 0.848. The Morgan fingerprint density at radius 2 is 2.19 bits per heavy atom. The Kier molecular flexibility index (Phi) is 3.60. The number of benzene rings is 1. The number of fused-ring (bicyclic) bond motifs is 2. The number of rotatable bonds is 4. The van der Waals surface area contributed by atoms with E-state index in [1.807, 2.05) is 12.1 Å². The second-order valence-electron chi connectivity index (χ2n) is 7.33. The molecule has 2 atom stereocenters. The number of nitrogens with two attached hydrogens (primary N) is 1. The monoisotopic (exact) mass is 368 g/mol. The van der Waals surface area contributed by atoms with Crippen molar-refractivity contribution in [3.05, 3.63) is 30.0 Å². The summed E-state index contributed by atoms with van der Waals surface area (Å²) < 4.78 is 11.3. The SMILES string of the molecule is NC(=O)c1cc2nccc(N3C[C@@H]4OC(=O)N[C@@H]4C3)c2cc1OC1CCC1. The van der Waals surface area contributed by atoms with Crippen LogP contribution < -0.4 is 20.7 Å². The highest BCUT2D eigenvalue weighted by molar-refractivity contribution is 6.02. The van der Waals surface area contributed by atoms with E-state index in [1.165, 1.54) is 0 Å². The Labute approximate surface area is 155 Å². The maximum Gasteiger partial charge on any atom is 0.407 e. The van der Waals surface area contributed by atoms with Gasteiger partial charge in [-0.3, -0.25) is 9.78 Å². The van der Waals surface area contributed by atoms with E-state index < -0.39 is 5.91 Å². The number of aromatic nitrogens is 1. The van der Waals surface area contributed by atoms with Gasteiger partial charge in [0.05, 0.1) is 29.8 Å². The van der Waals surface area contributed by atoms with Gasteiger partial charge in [-0.2, -0.15) is 0 Å². The first kappa shape index (κ1) is 16.2. The molecular weight excluding hydrogens is 348 g/mol. The second-order valence-corrected chi connectivity index (χ2v) is 7.33. The molecule has 3 fully saturated rings. The fraction of sp³-hybridized carbons (Fsp3) is 0.421. The fourth-order valence-corrected chi connectivity index (χ4v) is 3.94. The van der Waals surface area contributed by atoms with Crippen LogP contribution >= 0.6 is 0 Å². The van der Waals surface area contributed by atoms with Crippen molar-refractivity contribution in [3.63, 3.8) is 0 Å². The van der Waals surface area contributed by atoms with E-state index in [0.717, 1.165) is 30.3 Å². The summed E-state index contributed by atoms with van der Waals surface area (Å²) in [6, 6.07) is 5.48. The van der Waals surface area contributed by atoms with Gasteiger partial charge in [-0.05, 0) is 37.5 Å². The predicted octanol–water partition coefficient (Wildman–Crippen LogP) is 1.56. The topological polar surface area (TPSA) is 107 Å². The number of alkyl carbamates (subject to hydrolysis) is 1. The number of nitrogens with one attached hydrogen (secondary N) is 1. The molecule has 1 aromatic carbocycles. The van der Waals surface area contributed by atoms with E-state index in [4.69, 9.17) is 15.2 Å². The van der Waals surface area contributed by atoms with E-state index in [2.05, 4.69) is 15.2 Å². The van der Waals surface area contributed by atoms with Gasteiger partial charge in [-0.1, -0.05) is 0 Å². The summed E-state index contributed by atoms with van der Waals surface area (Å²) in [5, 5.41) is 3.73. The number of carbonyl (C=O) groups is 2. The van der Waals surface area contributed by atoms with Crippen LogP contribution in [0.5, 0.6) is 5.75 Å². The molecule has 0 spiro atoms. The molecule has 5 rings (SSSR count). The zero-order valence-corrected chi connectivity index (χ0v) is 14.7. The first-order chi connectivity index (χ1) is 13.1. The van der Waals surface area contributed by atoms with E-state index in [-0.39, 0.29) is 24.3 Å². The van der Waals surface area contributed by atoms with Crippen molar-refractivity contribution >= 4 is 28.6 Å². The smallest absolute Gasteiger partial charge is 0.407 e. The number of hydrogen-bond donors (Lipinski definition) is 2. The summed E-state index contributed by atoms with van der Waals surface area (Å²) in [6.45, 7) is 1.27. The fourth-order valence-electron chi connectivity index (χ4n) is 3.94. The molecule has 0 radical (unpaired) electrons. The Balaban J connectivity index is 1.54. The van der Waals surface area contributed by atoms with Crippen LogP contribution in [0.25, 0.3) is 10.9 Å². The zero-order valence-electron chi connectivity index (χ0n) is 14.7. The van der Waals surface area contributed by atoms with Crippen LogP contribution in [0.15, 0.2) is 24.4 Å². The first-order valence-electron chi connectivity index (χ1n) is 9.20. The lowest BCUT2D eigenvalue weighted by Crippen LogP contribution is -2.32. The molecule has 140 valence electrons. The van der Waals surface area contributed by atoms with E-state index in [0.29, 0.717) is 29.9 Å². The molecule has 2 aliphatic heterocycles. The van der Waals surface area contributed by atoms with E-state index >= 15 is 0 Å². The van der Waals surface area contributed by atoms with Crippen molar-refractivity contribution in [1.29, 1.82) is 0 Å². The highest BCUT2D eigenvalue weighted by Crippen LogP contribution is 2.36. The number of hydrogen-bond acceptors (Lipinski definition) is 6. The van der Waals surface area contributed by atoms with Gasteiger partial charge in [0.25, 0.3) is 5.91 Å². The third-order valence-electron chi connectivity index (χ3n) is 5.60. The molecule has 2 aromatic rings. The minimum atomic E-state index is -0.523. The number of carbonyl (C=O) groups excluding carboxylic acids is 2. The predicted molar refractivity (Wildman–Crippen MR) is 97.9 cm³/mol. The Bertz CT molecular complexity index is 927. The van der Waals surface area contributed by atoms with Gasteiger partial charge in [-0.15, -0.1) is 0 Å². The van der Waals surface area contributed by atoms with Gasteiger partial charge in [0.1, 0.15) is 11.9 Å². The van der Waals surface area contributed by atoms with Crippen LogP contribution in [0.3, 0.4) is 0 Å². The normalized spacial score (nSPS) is 24.3. The van der Waals surface area contributed by atoms with Crippen molar-refractivity contribution in [3.8, 4) is 5.75 Å². The molecule has 3 aliphatic rings. The second kappa shape index (κ2) is 6.00. The third-order valence-corrected chi connectivity index (χ3v) is 5.60. The van der Waals surface area contributed by atoms with Gasteiger partial charge in [0.15, 0.2) is 0 Å². The lowest BCUT2D eigenvalue weighted by atomic mass is 9.96. The molecule has 1 aromatic heterocycles. The van der Waals surface area contributed by atoms with Crippen molar-refractivity contribution in [2.24, 2.45) is 5.73 Å².